The van der Waals surface area contributed by atoms with Crippen molar-refractivity contribution in [3.05, 3.63) is 46.2 Å². The fraction of sp³-hybridized carbons (Fsp3) is 0.250. The lowest BCUT2D eigenvalue weighted by Gasteiger charge is -2.10. The van der Waals surface area contributed by atoms with Crippen molar-refractivity contribution in [3.8, 4) is 11.3 Å². The van der Waals surface area contributed by atoms with E-state index in [2.05, 4.69) is 34.6 Å². The maximum Gasteiger partial charge on any atom is 0.136 e. The largest absolute Gasteiger partial charge is 0.232 e. The van der Waals surface area contributed by atoms with Crippen LogP contribution in [-0.4, -0.2) is 9.97 Å². The van der Waals surface area contributed by atoms with Gasteiger partial charge in [-0.2, -0.15) is 0 Å². The lowest BCUT2D eigenvalue weighted by Crippen LogP contribution is -1.99. The second kappa shape index (κ2) is 4.54. The van der Waals surface area contributed by atoms with Gasteiger partial charge in [-0.3, -0.25) is 0 Å². The Bertz CT molecular complexity index is 805. The predicted octanol–water partition coefficient (Wildman–Crippen LogP) is 5.20. The summed E-state index contributed by atoms with van der Waals surface area (Å²) in [4.78, 5) is 9.25. The Morgan fingerprint density at radius 3 is 2.85 bits per heavy atom. The molecule has 100 valence electrons. The predicted molar refractivity (Wildman–Crippen MR) is 84.6 cm³/mol. The lowest BCUT2D eigenvalue weighted by atomic mass is 10.1. The van der Waals surface area contributed by atoms with Gasteiger partial charge in [0.1, 0.15) is 11.0 Å². The number of halogens is 1. The third-order valence-electron chi connectivity index (χ3n) is 3.78. The molecule has 1 aliphatic carbocycles. The fourth-order valence-electron chi connectivity index (χ4n) is 2.47. The normalized spacial score (nSPS) is 14.9. The van der Waals surface area contributed by atoms with Gasteiger partial charge in [0.2, 0.25) is 0 Å². The third kappa shape index (κ3) is 1.93. The second-order valence-electron chi connectivity index (χ2n) is 5.27. The number of rotatable bonds is 2. The van der Waals surface area contributed by atoms with Crippen LogP contribution < -0.4 is 0 Å². The molecule has 2 nitrogen and oxygen atoms in total. The van der Waals surface area contributed by atoms with E-state index in [1.807, 2.05) is 6.92 Å². The van der Waals surface area contributed by atoms with Gasteiger partial charge in [-0.05, 0) is 36.6 Å². The van der Waals surface area contributed by atoms with Crippen molar-refractivity contribution in [1.29, 1.82) is 0 Å². The van der Waals surface area contributed by atoms with Gasteiger partial charge in [-0.25, -0.2) is 9.97 Å². The molecule has 0 spiro atoms. The molecule has 0 aliphatic heterocycles. The van der Waals surface area contributed by atoms with Crippen LogP contribution in [0.25, 0.3) is 21.3 Å². The molecule has 0 saturated heterocycles. The van der Waals surface area contributed by atoms with Crippen molar-refractivity contribution in [2.24, 2.45) is 0 Å². The molecule has 0 radical (unpaired) electrons. The van der Waals surface area contributed by atoms with E-state index in [1.165, 1.54) is 28.5 Å². The van der Waals surface area contributed by atoms with Crippen LogP contribution in [0.5, 0.6) is 0 Å². The summed E-state index contributed by atoms with van der Waals surface area (Å²) in [5.41, 5.74) is 3.12. The third-order valence-corrected chi connectivity index (χ3v) is 5.11. The zero-order chi connectivity index (χ0) is 13.7. The number of benzene rings is 1. The Morgan fingerprint density at radius 2 is 2.05 bits per heavy atom. The molecule has 1 fully saturated rings. The highest BCUT2D eigenvalue weighted by Gasteiger charge is 2.28. The summed E-state index contributed by atoms with van der Waals surface area (Å²) in [6.07, 6.45) is 2.37. The summed E-state index contributed by atoms with van der Waals surface area (Å²) in [6, 6.07) is 8.48. The van der Waals surface area contributed by atoms with Crippen molar-refractivity contribution in [1.82, 2.24) is 9.97 Å². The average molecular weight is 301 g/mol. The molecular formula is C16H13ClN2S. The number of hydrogen-bond donors (Lipinski definition) is 0. The van der Waals surface area contributed by atoms with Crippen LogP contribution in [0, 0.1) is 6.92 Å². The molecule has 0 N–H and O–H groups in total. The first-order valence-electron chi connectivity index (χ1n) is 6.74. The number of hydrogen-bond acceptors (Lipinski definition) is 3. The van der Waals surface area contributed by atoms with Gasteiger partial charge in [0.15, 0.2) is 0 Å². The first kappa shape index (κ1) is 12.3. The van der Waals surface area contributed by atoms with E-state index < -0.39 is 0 Å². The van der Waals surface area contributed by atoms with Gasteiger partial charge in [0.05, 0.1) is 5.69 Å². The Hall–Kier alpha value is -1.45. The standard InChI is InChI=1S/C16H13ClN2S/c1-9-13(18-16(11-5-6-11)19-15(9)17)12-4-2-3-10-7-8-20-14(10)12/h2-4,7-8,11H,5-6H2,1H3. The monoisotopic (exact) mass is 300 g/mol. The zero-order valence-corrected chi connectivity index (χ0v) is 12.6. The van der Waals surface area contributed by atoms with E-state index in [1.54, 1.807) is 11.3 Å². The zero-order valence-electron chi connectivity index (χ0n) is 11.1. The van der Waals surface area contributed by atoms with Crippen molar-refractivity contribution in [3.63, 3.8) is 0 Å². The summed E-state index contributed by atoms with van der Waals surface area (Å²) in [7, 11) is 0. The molecule has 0 unspecified atom stereocenters. The topological polar surface area (TPSA) is 25.8 Å². The minimum Gasteiger partial charge on any atom is -0.232 e. The van der Waals surface area contributed by atoms with E-state index in [0.29, 0.717) is 11.1 Å². The smallest absolute Gasteiger partial charge is 0.136 e. The molecule has 4 heteroatoms. The molecule has 1 aromatic carbocycles. The average Bonchev–Trinajstić information content (AvgIpc) is 3.19. The molecule has 1 saturated carbocycles. The SMILES string of the molecule is Cc1c(Cl)nc(C2CC2)nc1-c1cccc2ccsc12. The van der Waals surface area contributed by atoms with Crippen molar-refractivity contribution >= 4 is 33.0 Å². The van der Waals surface area contributed by atoms with E-state index >= 15 is 0 Å². The molecule has 0 amide bonds. The maximum atomic E-state index is 6.32. The minimum absolute atomic E-state index is 0.509. The molecule has 3 aromatic rings. The second-order valence-corrected chi connectivity index (χ2v) is 6.54. The highest BCUT2D eigenvalue weighted by Crippen LogP contribution is 2.41. The van der Waals surface area contributed by atoms with Crippen LogP contribution in [0.4, 0.5) is 0 Å². The van der Waals surface area contributed by atoms with Crippen LogP contribution in [0.3, 0.4) is 0 Å². The molecule has 2 aromatic heterocycles. The van der Waals surface area contributed by atoms with Gasteiger partial charge in [-0.1, -0.05) is 29.8 Å². The van der Waals surface area contributed by atoms with Gasteiger partial charge in [0.25, 0.3) is 0 Å². The van der Waals surface area contributed by atoms with Crippen molar-refractivity contribution < 1.29 is 0 Å². The van der Waals surface area contributed by atoms with Crippen LogP contribution >= 0.6 is 22.9 Å². The van der Waals surface area contributed by atoms with E-state index in [4.69, 9.17) is 16.6 Å². The lowest BCUT2D eigenvalue weighted by molar-refractivity contribution is 0.922. The first-order valence-corrected chi connectivity index (χ1v) is 8.00. The van der Waals surface area contributed by atoms with Gasteiger partial charge in [-0.15, -0.1) is 11.3 Å². The molecule has 2 heterocycles. The van der Waals surface area contributed by atoms with E-state index in [9.17, 15) is 0 Å². The number of aromatic nitrogens is 2. The molecule has 4 rings (SSSR count). The number of thiophene rings is 1. The number of fused-ring (bicyclic) bond motifs is 1. The molecule has 0 bridgehead atoms. The fourth-order valence-corrected chi connectivity index (χ4v) is 3.56. The van der Waals surface area contributed by atoms with Gasteiger partial charge < -0.3 is 0 Å². The van der Waals surface area contributed by atoms with Crippen molar-refractivity contribution in [2.45, 2.75) is 25.7 Å². The van der Waals surface area contributed by atoms with Gasteiger partial charge >= 0.3 is 0 Å². The molecular weight excluding hydrogens is 288 g/mol. The molecule has 20 heavy (non-hydrogen) atoms. The number of nitrogens with zero attached hydrogens (tertiary/aromatic N) is 2. The quantitative estimate of drug-likeness (QED) is 0.608. The Kier molecular flexibility index (Phi) is 2.79. The van der Waals surface area contributed by atoms with E-state index in [-0.39, 0.29) is 0 Å². The summed E-state index contributed by atoms with van der Waals surface area (Å²) in [5.74, 6) is 1.42. The van der Waals surface area contributed by atoms with E-state index in [0.717, 1.165) is 17.1 Å². The van der Waals surface area contributed by atoms with Crippen LogP contribution in [0.1, 0.15) is 30.1 Å². The van der Waals surface area contributed by atoms with Crippen molar-refractivity contribution in [2.75, 3.05) is 0 Å². The minimum atomic E-state index is 0.509. The van der Waals surface area contributed by atoms with Crippen LogP contribution in [-0.2, 0) is 0 Å². The highest BCUT2D eigenvalue weighted by atomic mass is 35.5. The maximum absolute atomic E-state index is 6.32. The summed E-state index contributed by atoms with van der Waals surface area (Å²) < 4.78 is 1.27. The molecule has 1 aliphatic rings. The Labute approximate surface area is 126 Å². The summed E-state index contributed by atoms with van der Waals surface area (Å²) in [5, 5.41) is 3.97. The first-order chi connectivity index (χ1) is 9.74. The Morgan fingerprint density at radius 1 is 1.20 bits per heavy atom. The Balaban J connectivity index is 1.99. The van der Waals surface area contributed by atoms with Crippen LogP contribution in [0.2, 0.25) is 5.15 Å². The molecule has 0 atom stereocenters. The van der Waals surface area contributed by atoms with Gasteiger partial charge in [0, 0.05) is 21.7 Å². The van der Waals surface area contributed by atoms with Crippen LogP contribution in [0.15, 0.2) is 29.6 Å². The highest BCUT2D eigenvalue weighted by molar-refractivity contribution is 7.17. The summed E-state index contributed by atoms with van der Waals surface area (Å²) >= 11 is 8.07. The summed E-state index contributed by atoms with van der Waals surface area (Å²) in [6.45, 7) is 2.00.